The highest BCUT2D eigenvalue weighted by Gasteiger charge is 2.17. The van der Waals surface area contributed by atoms with E-state index in [0.29, 0.717) is 13.0 Å². The molecule has 0 fully saturated rings. The second-order valence-corrected chi connectivity index (χ2v) is 10.9. The van der Waals surface area contributed by atoms with Gasteiger partial charge in [-0.05, 0) is 73.1 Å². The summed E-state index contributed by atoms with van der Waals surface area (Å²) < 4.78 is 50.0. The van der Waals surface area contributed by atoms with Gasteiger partial charge in [0.1, 0.15) is 0 Å². The number of hydrogen-bond donors (Lipinski definition) is 3. The number of fused-ring (bicyclic) bond motifs is 1. The molecule has 0 saturated heterocycles. The van der Waals surface area contributed by atoms with Crippen LogP contribution in [0.1, 0.15) is 36.0 Å². The number of amides is 1. The van der Waals surface area contributed by atoms with E-state index < -0.39 is 20.0 Å². The molecule has 0 radical (unpaired) electrons. The molecular weight excluding hydrogens is 438 g/mol. The monoisotopic (exact) mass is 465 g/mol. The van der Waals surface area contributed by atoms with Crippen molar-refractivity contribution in [3.05, 3.63) is 59.2 Å². The normalized spacial score (nSPS) is 14.1. The summed E-state index contributed by atoms with van der Waals surface area (Å²) in [5, 5.41) is 7.78. The highest BCUT2D eigenvalue weighted by molar-refractivity contribution is 7.89. The molecule has 4 N–H and O–H groups in total. The third-order valence-corrected chi connectivity index (χ3v) is 7.65. The van der Waals surface area contributed by atoms with E-state index in [1.807, 2.05) is 6.07 Å². The van der Waals surface area contributed by atoms with Gasteiger partial charge in [-0.2, -0.15) is 0 Å². The van der Waals surface area contributed by atoms with Crippen LogP contribution in [0.15, 0.2) is 52.3 Å². The number of carbonyl (C=O) groups is 1. The van der Waals surface area contributed by atoms with Crippen molar-refractivity contribution >= 4 is 26.0 Å². The predicted octanol–water partition coefficient (Wildman–Crippen LogP) is 1.24. The lowest BCUT2D eigenvalue weighted by Gasteiger charge is -2.16. The first-order valence-electron chi connectivity index (χ1n) is 10.1. The molecule has 10 heteroatoms. The fraction of sp³-hybridized carbons (Fsp3) is 0.381. The summed E-state index contributed by atoms with van der Waals surface area (Å²) in [6.07, 6.45) is 4.62. The smallest absolute Gasteiger partial charge is 0.240 e. The van der Waals surface area contributed by atoms with Crippen LogP contribution in [-0.4, -0.2) is 35.8 Å². The number of nitrogens with two attached hydrogens (primary N) is 1. The van der Waals surface area contributed by atoms with E-state index >= 15 is 0 Å². The molecule has 0 bridgehead atoms. The average molecular weight is 466 g/mol. The minimum absolute atomic E-state index is 0.00824. The second kappa shape index (κ2) is 9.90. The number of aryl methyl sites for hydroxylation is 2. The van der Waals surface area contributed by atoms with Crippen LogP contribution in [0.25, 0.3) is 0 Å². The molecule has 1 aliphatic rings. The molecule has 0 heterocycles. The van der Waals surface area contributed by atoms with Gasteiger partial charge in [-0.3, -0.25) is 4.79 Å². The number of sulfonamides is 2. The van der Waals surface area contributed by atoms with Crippen molar-refractivity contribution in [2.45, 2.75) is 48.3 Å². The molecule has 2 aromatic rings. The van der Waals surface area contributed by atoms with Crippen LogP contribution in [0.3, 0.4) is 0 Å². The lowest BCUT2D eigenvalue weighted by molar-refractivity contribution is -0.120. The van der Waals surface area contributed by atoms with Crippen molar-refractivity contribution in [2.24, 2.45) is 5.14 Å². The van der Waals surface area contributed by atoms with Crippen LogP contribution < -0.4 is 15.2 Å². The first-order valence-corrected chi connectivity index (χ1v) is 13.2. The van der Waals surface area contributed by atoms with Crippen LogP contribution in [0.4, 0.5) is 0 Å². The molecule has 2 aromatic carbocycles. The summed E-state index contributed by atoms with van der Waals surface area (Å²) in [6.45, 7) is 0.361. The molecule has 0 saturated carbocycles. The molecule has 0 spiro atoms. The van der Waals surface area contributed by atoms with Crippen molar-refractivity contribution < 1.29 is 21.6 Å². The van der Waals surface area contributed by atoms with Crippen molar-refractivity contribution in [1.29, 1.82) is 0 Å². The SMILES string of the molecule is NS(=O)(=O)c1ccc(CCNC(=O)CCNS(=O)(=O)c2ccc3c(c2)CCCC3)cc1. The summed E-state index contributed by atoms with van der Waals surface area (Å²) in [7, 11) is -7.39. The zero-order chi connectivity index (χ0) is 22.5. The fourth-order valence-electron chi connectivity index (χ4n) is 3.54. The zero-order valence-corrected chi connectivity index (χ0v) is 18.8. The third kappa shape index (κ3) is 6.60. The van der Waals surface area contributed by atoms with E-state index in [9.17, 15) is 21.6 Å². The molecule has 1 amide bonds. The summed E-state index contributed by atoms with van der Waals surface area (Å²) >= 11 is 0. The van der Waals surface area contributed by atoms with Crippen LogP contribution in [0.5, 0.6) is 0 Å². The van der Waals surface area contributed by atoms with Crippen molar-refractivity contribution in [3.8, 4) is 0 Å². The highest BCUT2D eigenvalue weighted by Crippen LogP contribution is 2.24. The Bertz CT molecular complexity index is 1140. The van der Waals surface area contributed by atoms with E-state index in [0.717, 1.165) is 36.8 Å². The van der Waals surface area contributed by atoms with Crippen LogP contribution in [0.2, 0.25) is 0 Å². The van der Waals surface area contributed by atoms with Gasteiger partial charge in [-0.15, -0.1) is 0 Å². The largest absolute Gasteiger partial charge is 0.356 e. The Morgan fingerprint density at radius 3 is 2.19 bits per heavy atom. The quantitative estimate of drug-likeness (QED) is 0.512. The van der Waals surface area contributed by atoms with Crippen molar-refractivity contribution in [1.82, 2.24) is 10.0 Å². The number of rotatable bonds is 9. The van der Waals surface area contributed by atoms with Gasteiger partial charge in [-0.1, -0.05) is 18.2 Å². The Balaban J connectivity index is 1.42. The molecular formula is C21H27N3O5S2. The van der Waals surface area contributed by atoms with E-state index in [1.54, 1.807) is 24.3 Å². The first-order chi connectivity index (χ1) is 14.6. The van der Waals surface area contributed by atoms with Crippen molar-refractivity contribution in [2.75, 3.05) is 13.1 Å². The molecule has 0 aliphatic heterocycles. The molecule has 8 nitrogen and oxygen atoms in total. The minimum Gasteiger partial charge on any atom is -0.356 e. The number of carbonyl (C=O) groups excluding carboxylic acids is 1. The van der Waals surface area contributed by atoms with Crippen molar-refractivity contribution in [3.63, 3.8) is 0 Å². The Labute approximate surface area is 183 Å². The standard InChI is InChI=1S/C21H27N3O5S2/c22-30(26,27)19-8-5-16(6-9-19)11-13-23-21(25)12-14-24-31(28,29)20-10-7-17-3-1-2-4-18(17)15-20/h5-10,15,24H,1-4,11-14H2,(H,23,25)(H2,22,26,27). The maximum absolute atomic E-state index is 12.5. The summed E-state index contributed by atoms with van der Waals surface area (Å²) in [5.74, 6) is -0.269. The maximum Gasteiger partial charge on any atom is 0.240 e. The topological polar surface area (TPSA) is 135 Å². The summed E-state index contributed by atoms with van der Waals surface area (Å²) in [6, 6.07) is 11.3. The van der Waals surface area contributed by atoms with Crippen LogP contribution in [-0.2, 0) is 44.1 Å². The molecule has 0 atom stereocenters. The maximum atomic E-state index is 12.5. The third-order valence-electron chi connectivity index (χ3n) is 5.26. The second-order valence-electron chi connectivity index (χ2n) is 7.57. The summed E-state index contributed by atoms with van der Waals surface area (Å²) in [5.41, 5.74) is 3.15. The summed E-state index contributed by atoms with van der Waals surface area (Å²) in [4.78, 5) is 12.3. The molecule has 3 rings (SSSR count). The molecule has 1 aliphatic carbocycles. The van der Waals surface area contributed by atoms with Gasteiger partial charge >= 0.3 is 0 Å². The zero-order valence-electron chi connectivity index (χ0n) is 17.1. The van der Waals surface area contributed by atoms with Gasteiger partial charge in [0.25, 0.3) is 0 Å². The molecule has 0 unspecified atom stereocenters. The Morgan fingerprint density at radius 1 is 0.871 bits per heavy atom. The molecule has 31 heavy (non-hydrogen) atoms. The van der Waals surface area contributed by atoms with Gasteiger partial charge in [0.2, 0.25) is 26.0 Å². The Morgan fingerprint density at radius 2 is 1.52 bits per heavy atom. The Hall–Kier alpha value is -2.27. The first kappa shape index (κ1) is 23.4. The highest BCUT2D eigenvalue weighted by atomic mass is 32.2. The number of hydrogen-bond acceptors (Lipinski definition) is 5. The van der Waals surface area contributed by atoms with Gasteiger partial charge in [-0.25, -0.2) is 26.7 Å². The van der Waals surface area contributed by atoms with Gasteiger partial charge in [0.15, 0.2) is 0 Å². The number of nitrogens with one attached hydrogen (secondary N) is 2. The van der Waals surface area contributed by atoms with E-state index in [2.05, 4.69) is 10.0 Å². The van der Waals surface area contributed by atoms with E-state index in [4.69, 9.17) is 5.14 Å². The predicted molar refractivity (Wildman–Crippen MR) is 117 cm³/mol. The fourth-order valence-corrected chi connectivity index (χ4v) is 5.14. The minimum atomic E-state index is -3.73. The van der Waals surface area contributed by atoms with E-state index in [-0.39, 0.29) is 28.7 Å². The number of benzene rings is 2. The van der Waals surface area contributed by atoms with Gasteiger partial charge < -0.3 is 5.32 Å². The van der Waals surface area contributed by atoms with E-state index in [1.165, 1.54) is 17.7 Å². The van der Waals surface area contributed by atoms with Crippen LogP contribution >= 0.6 is 0 Å². The Kier molecular flexibility index (Phi) is 7.47. The molecule has 0 aromatic heterocycles. The van der Waals surface area contributed by atoms with Gasteiger partial charge in [0.05, 0.1) is 9.79 Å². The lowest BCUT2D eigenvalue weighted by atomic mass is 9.92. The lowest BCUT2D eigenvalue weighted by Crippen LogP contribution is -2.31. The average Bonchev–Trinajstić information content (AvgIpc) is 2.73. The van der Waals surface area contributed by atoms with Crippen LogP contribution in [0, 0.1) is 0 Å². The number of primary sulfonamides is 1. The van der Waals surface area contributed by atoms with Gasteiger partial charge in [0, 0.05) is 19.5 Å². The molecule has 168 valence electrons.